The summed E-state index contributed by atoms with van der Waals surface area (Å²) in [6.07, 6.45) is 2.65. The van der Waals surface area contributed by atoms with E-state index >= 15 is 0 Å². The summed E-state index contributed by atoms with van der Waals surface area (Å²) >= 11 is 0. The first-order valence-electron chi connectivity index (χ1n) is 7.55. The average Bonchev–Trinajstić information content (AvgIpc) is 2.65. The Morgan fingerprint density at radius 3 is 2.55 bits per heavy atom. The molecule has 2 aliphatic rings. The molecule has 1 unspecified atom stereocenters. The van der Waals surface area contributed by atoms with Crippen LogP contribution >= 0.6 is 0 Å². The van der Waals surface area contributed by atoms with Crippen molar-refractivity contribution in [2.45, 2.75) is 32.3 Å². The maximum Gasteiger partial charge on any atom is 0.282 e. The highest BCUT2D eigenvalue weighted by molar-refractivity contribution is 7.86. The maximum absolute atomic E-state index is 12.7. The number of hydrogen-bond donors (Lipinski definition) is 1. The van der Waals surface area contributed by atoms with Crippen molar-refractivity contribution >= 4 is 10.2 Å². The molecule has 1 atom stereocenters. The Hall–Kier alpha value is -0.210. The second-order valence-corrected chi connectivity index (χ2v) is 7.73. The van der Waals surface area contributed by atoms with Crippen molar-refractivity contribution < 1.29 is 13.2 Å². The zero-order valence-electron chi connectivity index (χ0n) is 12.5. The zero-order valence-corrected chi connectivity index (χ0v) is 13.4. The van der Waals surface area contributed by atoms with Gasteiger partial charge in [-0.05, 0) is 45.7 Å². The van der Waals surface area contributed by atoms with Crippen molar-refractivity contribution in [3.63, 3.8) is 0 Å². The number of rotatable bonds is 4. The van der Waals surface area contributed by atoms with E-state index in [1.807, 2.05) is 14.0 Å². The molecule has 2 fully saturated rings. The molecule has 7 heteroatoms. The molecule has 2 heterocycles. The van der Waals surface area contributed by atoms with Crippen LogP contribution in [0.2, 0.25) is 0 Å². The van der Waals surface area contributed by atoms with Gasteiger partial charge in [0.1, 0.15) is 0 Å². The highest BCUT2D eigenvalue weighted by Gasteiger charge is 2.34. The Bertz CT molecular complexity index is 394. The van der Waals surface area contributed by atoms with Gasteiger partial charge in [0.05, 0.1) is 6.10 Å². The third-order valence-electron chi connectivity index (χ3n) is 4.13. The largest absolute Gasteiger partial charge is 0.377 e. The molecular weight excluding hydrogens is 278 g/mol. The van der Waals surface area contributed by atoms with Gasteiger partial charge in [0.15, 0.2) is 0 Å². The molecule has 1 N–H and O–H groups in total. The van der Waals surface area contributed by atoms with Crippen molar-refractivity contribution in [3.05, 3.63) is 0 Å². The molecule has 0 aromatic carbocycles. The fourth-order valence-electron chi connectivity index (χ4n) is 2.96. The van der Waals surface area contributed by atoms with Crippen LogP contribution in [0, 0.1) is 5.92 Å². The zero-order chi connectivity index (χ0) is 14.6. The fraction of sp³-hybridized carbons (Fsp3) is 1.00. The minimum absolute atomic E-state index is 0.0193. The van der Waals surface area contributed by atoms with Gasteiger partial charge in [0, 0.05) is 32.8 Å². The van der Waals surface area contributed by atoms with Crippen molar-refractivity contribution in [1.29, 1.82) is 0 Å². The highest BCUT2D eigenvalue weighted by Crippen LogP contribution is 2.22. The monoisotopic (exact) mass is 305 g/mol. The normalized spacial score (nSPS) is 28.4. The summed E-state index contributed by atoms with van der Waals surface area (Å²) in [6.45, 7) is 5.88. The predicted molar refractivity (Wildman–Crippen MR) is 78.7 cm³/mol. The van der Waals surface area contributed by atoms with E-state index < -0.39 is 10.2 Å². The molecule has 0 aromatic rings. The van der Waals surface area contributed by atoms with Crippen LogP contribution in [0.5, 0.6) is 0 Å². The molecule has 0 bridgehead atoms. The van der Waals surface area contributed by atoms with Crippen molar-refractivity contribution in [2.24, 2.45) is 5.92 Å². The molecule has 20 heavy (non-hydrogen) atoms. The minimum Gasteiger partial charge on any atom is -0.377 e. The van der Waals surface area contributed by atoms with Gasteiger partial charge >= 0.3 is 0 Å². The third-order valence-corrected chi connectivity index (χ3v) is 6.14. The number of piperidine rings is 1. The first-order chi connectivity index (χ1) is 9.54. The van der Waals surface area contributed by atoms with Gasteiger partial charge in [-0.1, -0.05) is 0 Å². The second-order valence-electron chi connectivity index (χ2n) is 5.80. The molecule has 2 saturated heterocycles. The van der Waals surface area contributed by atoms with E-state index in [1.54, 1.807) is 8.61 Å². The summed E-state index contributed by atoms with van der Waals surface area (Å²) in [6, 6.07) is 0. The Morgan fingerprint density at radius 1 is 1.20 bits per heavy atom. The summed E-state index contributed by atoms with van der Waals surface area (Å²) in [4.78, 5) is 0. The number of nitrogens with one attached hydrogen (secondary N) is 1. The van der Waals surface area contributed by atoms with E-state index in [4.69, 9.17) is 4.74 Å². The van der Waals surface area contributed by atoms with Gasteiger partial charge in [-0.2, -0.15) is 17.0 Å². The minimum atomic E-state index is -3.31. The molecule has 0 saturated carbocycles. The summed E-state index contributed by atoms with van der Waals surface area (Å²) in [5, 5.41) is 3.17. The van der Waals surface area contributed by atoms with Crippen LogP contribution in [0.25, 0.3) is 0 Å². The molecule has 0 spiro atoms. The standard InChI is InChI=1S/C13H27N3O3S/c1-12-11-16(6-3-9-19-12)20(17,18)15-7-4-13(5-8-15)10-14-2/h12-14H,3-11H2,1-2H3. The summed E-state index contributed by atoms with van der Waals surface area (Å²) in [5.74, 6) is 0.595. The van der Waals surface area contributed by atoms with Crippen LogP contribution in [0.15, 0.2) is 0 Å². The van der Waals surface area contributed by atoms with E-state index in [0.717, 1.165) is 25.8 Å². The Kier molecular flexibility index (Phi) is 5.80. The molecule has 6 nitrogen and oxygen atoms in total. The lowest BCUT2D eigenvalue weighted by Crippen LogP contribution is -2.49. The molecule has 2 aliphatic heterocycles. The number of hydrogen-bond acceptors (Lipinski definition) is 4. The fourth-order valence-corrected chi connectivity index (χ4v) is 4.72. The first kappa shape index (κ1) is 16.2. The van der Waals surface area contributed by atoms with Crippen molar-refractivity contribution in [1.82, 2.24) is 13.9 Å². The summed E-state index contributed by atoms with van der Waals surface area (Å²) in [5.41, 5.74) is 0. The molecule has 2 rings (SSSR count). The first-order valence-corrected chi connectivity index (χ1v) is 8.95. The van der Waals surface area contributed by atoms with Crippen LogP contribution in [0.1, 0.15) is 26.2 Å². The van der Waals surface area contributed by atoms with E-state index in [2.05, 4.69) is 5.32 Å². The van der Waals surface area contributed by atoms with Gasteiger partial charge in [0.2, 0.25) is 0 Å². The molecule has 0 amide bonds. The lowest BCUT2D eigenvalue weighted by Gasteiger charge is -2.34. The smallest absolute Gasteiger partial charge is 0.282 e. The molecule has 0 aliphatic carbocycles. The van der Waals surface area contributed by atoms with E-state index in [1.165, 1.54) is 0 Å². The number of nitrogens with zero attached hydrogens (tertiary/aromatic N) is 2. The topological polar surface area (TPSA) is 61.9 Å². The van der Waals surface area contributed by atoms with Gasteiger partial charge in [-0.25, -0.2) is 0 Å². The van der Waals surface area contributed by atoms with Gasteiger partial charge < -0.3 is 10.1 Å². The van der Waals surface area contributed by atoms with Crippen molar-refractivity contribution in [3.8, 4) is 0 Å². The van der Waals surface area contributed by atoms with Crippen LogP contribution in [0.4, 0.5) is 0 Å². The van der Waals surface area contributed by atoms with E-state index in [-0.39, 0.29) is 6.10 Å². The summed E-state index contributed by atoms with van der Waals surface area (Å²) < 4.78 is 34.2. The Morgan fingerprint density at radius 2 is 1.90 bits per heavy atom. The van der Waals surface area contributed by atoms with Crippen LogP contribution in [0.3, 0.4) is 0 Å². The second kappa shape index (κ2) is 7.17. The predicted octanol–water partition coefficient (Wildman–Crippen LogP) is 0.273. The lowest BCUT2D eigenvalue weighted by molar-refractivity contribution is 0.0745. The Balaban J connectivity index is 1.96. The molecule has 0 aromatic heterocycles. The SMILES string of the molecule is CNCC1CCN(S(=O)(=O)N2CCCOC(C)C2)CC1. The molecule has 0 radical (unpaired) electrons. The van der Waals surface area contributed by atoms with Crippen molar-refractivity contribution in [2.75, 3.05) is 46.4 Å². The lowest BCUT2D eigenvalue weighted by atomic mass is 9.98. The van der Waals surface area contributed by atoms with Crippen LogP contribution < -0.4 is 5.32 Å². The van der Waals surface area contributed by atoms with E-state index in [0.29, 0.717) is 38.7 Å². The van der Waals surface area contributed by atoms with Gasteiger partial charge in [-0.3, -0.25) is 0 Å². The summed E-state index contributed by atoms with van der Waals surface area (Å²) in [7, 11) is -1.37. The van der Waals surface area contributed by atoms with E-state index in [9.17, 15) is 8.42 Å². The van der Waals surface area contributed by atoms with Gasteiger partial charge in [0.25, 0.3) is 10.2 Å². The average molecular weight is 305 g/mol. The van der Waals surface area contributed by atoms with Crippen LogP contribution in [-0.4, -0.2) is 69.5 Å². The Labute approximate surface area is 122 Å². The van der Waals surface area contributed by atoms with Crippen LogP contribution in [-0.2, 0) is 14.9 Å². The maximum atomic E-state index is 12.7. The molecule has 118 valence electrons. The van der Waals surface area contributed by atoms with Gasteiger partial charge in [-0.15, -0.1) is 0 Å². The molecular formula is C13H27N3O3S. The number of ether oxygens (including phenoxy) is 1. The highest BCUT2D eigenvalue weighted by atomic mass is 32.2. The quantitative estimate of drug-likeness (QED) is 0.810. The third kappa shape index (κ3) is 3.92.